The van der Waals surface area contributed by atoms with E-state index in [9.17, 15) is 4.79 Å². The number of amides is 1. The van der Waals surface area contributed by atoms with Crippen LogP contribution in [0.2, 0.25) is 0 Å². The van der Waals surface area contributed by atoms with E-state index in [1.165, 1.54) is 0 Å². The maximum atomic E-state index is 11.6. The van der Waals surface area contributed by atoms with E-state index in [0.29, 0.717) is 25.5 Å². The van der Waals surface area contributed by atoms with Crippen LogP contribution < -0.4 is 14.8 Å². The second-order valence-electron chi connectivity index (χ2n) is 5.07. The molecule has 0 spiro atoms. The second kappa shape index (κ2) is 7.14. The van der Waals surface area contributed by atoms with E-state index in [4.69, 9.17) is 14.6 Å². The molecule has 0 bridgehead atoms. The summed E-state index contributed by atoms with van der Waals surface area (Å²) in [5.74, 6) is 1.91. The molecule has 0 aliphatic heterocycles. The topological polar surface area (TPSA) is 67.8 Å². The number of carbonyl (C=O) groups is 1. The highest BCUT2D eigenvalue weighted by Crippen LogP contribution is 2.26. The molecule has 0 radical (unpaired) electrons. The van der Waals surface area contributed by atoms with E-state index in [1.54, 1.807) is 7.11 Å². The third-order valence-electron chi connectivity index (χ3n) is 3.46. The number of carbonyl (C=O) groups excluding carboxylic acids is 1. The molecule has 1 aromatic rings. The normalized spacial score (nSPS) is 20.9. The summed E-state index contributed by atoms with van der Waals surface area (Å²) in [4.78, 5) is 11.6. The van der Waals surface area contributed by atoms with E-state index >= 15 is 0 Å². The zero-order valence-corrected chi connectivity index (χ0v) is 11.7. The van der Waals surface area contributed by atoms with Crippen LogP contribution in [0.3, 0.4) is 0 Å². The minimum Gasteiger partial charge on any atom is -0.497 e. The Kier molecular flexibility index (Phi) is 5.24. The van der Waals surface area contributed by atoms with Crippen molar-refractivity contribution in [2.24, 2.45) is 5.92 Å². The summed E-state index contributed by atoms with van der Waals surface area (Å²) in [6, 6.07) is 7.26. The molecule has 2 rings (SSSR count). The molecule has 20 heavy (non-hydrogen) atoms. The van der Waals surface area contributed by atoms with Gasteiger partial charge in [0, 0.05) is 6.54 Å². The zero-order valence-electron chi connectivity index (χ0n) is 11.7. The first kappa shape index (κ1) is 14.7. The number of ether oxygens (including phenoxy) is 2. The zero-order chi connectivity index (χ0) is 14.4. The van der Waals surface area contributed by atoms with Gasteiger partial charge in [-0.05, 0) is 43.0 Å². The predicted molar refractivity (Wildman–Crippen MR) is 74.8 cm³/mol. The van der Waals surface area contributed by atoms with Crippen molar-refractivity contribution in [2.75, 3.05) is 20.3 Å². The van der Waals surface area contributed by atoms with Crippen molar-refractivity contribution in [1.29, 1.82) is 0 Å². The average Bonchev–Trinajstić information content (AvgIpc) is 2.43. The first-order valence-corrected chi connectivity index (χ1v) is 6.89. The first-order chi connectivity index (χ1) is 9.67. The maximum absolute atomic E-state index is 11.6. The lowest BCUT2D eigenvalue weighted by Crippen LogP contribution is -2.38. The number of methoxy groups -OCH3 is 1. The molecule has 1 fully saturated rings. The summed E-state index contributed by atoms with van der Waals surface area (Å²) in [5, 5.41) is 12.0. The highest BCUT2D eigenvalue weighted by Gasteiger charge is 2.26. The molecule has 5 heteroatoms. The van der Waals surface area contributed by atoms with Crippen LogP contribution in [0.5, 0.6) is 11.5 Å². The Morgan fingerprint density at radius 2 is 1.95 bits per heavy atom. The Labute approximate surface area is 118 Å². The summed E-state index contributed by atoms with van der Waals surface area (Å²) in [6.45, 7) is 1.00. The molecule has 0 aromatic heterocycles. The van der Waals surface area contributed by atoms with E-state index in [-0.39, 0.29) is 12.0 Å². The smallest absolute Gasteiger partial charge is 0.223 e. The number of benzene rings is 1. The summed E-state index contributed by atoms with van der Waals surface area (Å²) in [7, 11) is 1.61. The molecule has 1 amide bonds. The molecule has 1 aliphatic rings. The molecule has 1 aliphatic carbocycles. The van der Waals surface area contributed by atoms with Gasteiger partial charge in [0.05, 0.1) is 26.2 Å². The van der Waals surface area contributed by atoms with Crippen molar-refractivity contribution >= 4 is 5.91 Å². The molecule has 0 unspecified atom stereocenters. The molecule has 1 saturated carbocycles. The SMILES string of the molecule is COc1ccc(OCCC(=O)NCC2CC(O)C2)cc1. The van der Waals surface area contributed by atoms with Crippen LogP contribution in [-0.4, -0.2) is 37.4 Å². The van der Waals surface area contributed by atoms with Crippen molar-refractivity contribution in [3.63, 3.8) is 0 Å². The van der Waals surface area contributed by atoms with E-state index in [0.717, 1.165) is 24.3 Å². The van der Waals surface area contributed by atoms with Gasteiger partial charge in [0.1, 0.15) is 11.5 Å². The molecule has 1 aromatic carbocycles. The maximum Gasteiger partial charge on any atom is 0.223 e. The molecule has 5 nitrogen and oxygen atoms in total. The van der Waals surface area contributed by atoms with Crippen molar-refractivity contribution in [1.82, 2.24) is 5.32 Å². The standard InChI is InChI=1S/C15H21NO4/c1-19-13-2-4-14(5-3-13)20-7-6-15(18)16-10-11-8-12(17)9-11/h2-5,11-12,17H,6-10H2,1H3,(H,16,18). The average molecular weight is 279 g/mol. The third kappa shape index (κ3) is 4.42. The molecule has 2 N–H and O–H groups in total. The summed E-state index contributed by atoms with van der Waals surface area (Å²) in [6.07, 6.45) is 1.75. The lowest BCUT2D eigenvalue weighted by atomic mass is 9.82. The molecule has 0 atom stereocenters. The van der Waals surface area contributed by atoms with E-state index in [1.807, 2.05) is 24.3 Å². The van der Waals surface area contributed by atoms with E-state index < -0.39 is 0 Å². The number of rotatable bonds is 7. The largest absolute Gasteiger partial charge is 0.497 e. The highest BCUT2D eigenvalue weighted by molar-refractivity contribution is 5.76. The van der Waals surface area contributed by atoms with Crippen molar-refractivity contribution in [2.45, 2.75) is 25.4 Å². The van der Waals surface area contributed by atoms with Gasteiger partial charge in [-0.3, -0.25) is 4.79 Å². The van der Waals surface area contributed by atoms with Crippen molar-refractivity contribution in [3.05, 3.63) is 24.3 Å². The van der Waals surface area contributed by atoms with Gasteiger partial charge in [-0.1, -0.05) is 0 Å². The van der Waals surface area contributed by atoms with Gasteiger partial charge >= 0.3 is 0 Å². The Balaban J connectivity index is 1.58. The highest BCUT2D eigenvalue weighted by atomic mass is 16.5. The fourth-order valence-corrected chi connectivity index (χ4v) is 2.15. The predicted octanol–water partition coefficient (Wildman–Crippen LogP) is 1.35. The lowest BCUT2D eigenvalue weighted by Gasteiger charge is -2.31. The van der Waals surface area contributed by atoms with Gasteiger partial charge in [-0.15, -0.1) is 0 Å². The summed E-state index contributed by atoms with van der Waals surface area (Å²) in [5.41, 5.74) is 0. The van der Waals surface area contributed by atoms with E-state index in [2.05, 4.69) is 5.32 Å². The van der Waals surface area contributed by atoms with Gasteiger partial charge in [-0.2, -0.15) is 0 Å². The Hall–Kier alpha value is -1.75. The Morgan fingerprint density at radius 1 is 1.30 bits per heavy atom. The first-order valence-electron chi connectivity index (χ1n) is 6.89. The van der Waals surface area contributed by atoms with Crippen molar-refractivity contribution in [3.8, 4) is 11.5 Å². The fraction of sp³-hybridized carbons (Fsp3) is 0.533. The molecular weight excluding hydrogens is 258 g/mol. The summed E-state index contributed by atoms with van der Waals surface area (Å²) >= 11 is 0. The quantitative estimate of drug-likeness (QED) is 0.790. The Morgan fingerprint density at radius 3 is 2.55 bits per heavy atom. The van der Waals surface area contributed by atoms with Crippen LogP contribution in [0.1, 0.15) is 19.3 Å². The number of aliphatic hydroxyl groups excluding tert-OH is 1. The van der Waals surface area contributed by atoms with Gasteiger partial charge in [0.25, 0.3) is 0 Å². The van der Waals surface area contributed by atoms with Gasteiger partial charge < -0.3 is 19.9 Å². The number of nitrogens with one attached hydrogen (secondary N) is 1. The van der Waals surface area contributed by atoms with Crippen LogP contribution in [0.15, 0.2) is 24.3 Å². The monoisotopic (exact) mass is 279 g/mol. The van der Waals surface area contributed by atoms with Crippen LogP contribution in [0.4, 0.5) is 0 Å². The summed E-state index contributed by atoms with van der Waals surface area (Å²) < 4.78 is 10.5. The molecule has 110 valence electrons. The fourth-order valence-electron chi connectivity index (χ4n) is 2.15. The van der Waals surface area contributed by atoms with Crippen molar-refractivity contribution < 1.29 is 19.4 Å². The lowest BCUT2D eigenvalue weighted by molar-refractivity contribution is -0.122. The van der Waals surface area contributed by atoms with Crippen LogP contribution in [0, 0.1) is 5.92 Å². The number of hydrogen-bond donors (Lipinski definition) is 2. The van der Waals surface area contributed by atoms with Gasteiger partial charge in [0.15, 0.2) is 0 Å². The van der Waals surface area contributed by atoms with Crippen LogP contribution in [-0.2, 0) is 4.79 Å². The molecule has 0 saturated heterocycles. The minimum absolute atomic E-state index is 0.0140. The van der Waals surface area contributed by atoms with Gasteiger partial charge in [0.2, 0.25) is 5.91 Å². The van der Waals surface area contributed by atoms with Gasteiger partial charge in [-0.25, -0.2) is 0 Å². The Bertz CT molecular complexity index is 426. The number of hydrogen-bond acceptors (Lipinski definition) is 4. The number of aliphatic hydroxyl groups is 1. The van der Waals surface area contributed by atoms with Crippen LogP contribution >= 0.6 is 0 Å². The molecule has 0 heterocycles. The third-order valence-corrected chi connectivity index (χ3v) is 3.46. The second-order valence-corrected chi connectivity index (χ2v) is 5.07. The molecular formula is C15H21NO4. The van der Waals surface area contributed by atoms with Crippen LogP contribution in [0.25, 0.3) is 0 Å². The minimum atomic E-state index is -0.171.